The van der Waals surface area contributed by atoms with Crippen LogP contribution < -0.4 is 0 Å². The molecule has 0 saturated carbocycles. The summed E-state index contributed by atoms with van der Waals surface area (Å²) in [6.45, 7) is 7.49. The third-order valence-corrected chi connectivity index (χ3v) is 1.31. The molecule has 0 bridgehead atoms. The standard InChI is InChI=1S/C5H12O.C5H10O/c2*1-3-4-5(2)6/h5-6H,3-4H2,1-2H3;3-4H2,1-2H3. The maximum absolute atomic E-state index is 10.0. The first-order valence-corrected chi connectivity index (χ1v) is 4.72. The molecule has 12 heavy (non-hydrogen) atoms. The van der Waals surface area contributed by atoms with Gasteiger partial charge < -0.3 is 9.90 Å². The molecular formula is C10H22O2. The van der Waals surface area contributed by atoms with E-state index in [4.69, 9.17) is 5.11 Å². The van der Waals surface area contributed by atoms with Crippen molar-refractivity contribution < 1.29 is 9.90 Å². The molecule has 0 saturated heterocycles. The molecule has 0 heterocycles. The number of hydrogen-bond donors (Lipinski definition) is 1. The van der Waals surface area contributed by atoms with Gasteiger partial charge >= 0.3 is 0 Å². The highest BCUT2D eigenvalue weighted by Gasteiger charge is 1.87. The van der Waals surface area contributed by atoms with Crippen LogP contribution in [0.2, 0.25) is 0 Å². The van der Waals surface area contributed by atoms with Crippen molar-refractivity contribution in [3.8, 4) is 0 Å². The van der Waals surface area contributed by atoms with E-state index in [0.717, 1.165) is 25.7 Å². The maximum atomic E-state index is 10.0. The summed E-state index contributed by atoms with van der Waals surface area (Å²) in [5.74, 6) is 0.289. The van der Waals surface area contributed by atoms with Gasteiger partial charge in [0.2, 0.25) is 0 Å². The third kappa shape index (κ3) is 22.6. The molecule has 0 aromatic heterocycles. The van der Waals surface area contributed by atoms with Gasteiger partial charge in [0.15, 0.2) is 0 Å². The Bertz CT molecular complexity index is 98.0. The van der Waals surface area contributed by atoms with Gasteiger partial charge in [0.05, 0.1) is 6.10 Å². The highest BCUT2D eigenvalue weighted by atomic mass is 16.3. The normalized spacial score (nSPS) is 11.4. The SMILES string of the molecule is CCCC(C)=O.CCCC(C)O. The van der Waals surface area contributed by atoms with Gasteiger partial charge in [-0.15, -0.1) is 0 Å². The predicted octanol–water partition coefficient (Wildman–Crippen LogP) is 2.54. The fourth-order valence-electron chi connectivity index (χ4n) is 0.770. The maximum Gasteiger partial charge on any atom is 0.129 e. The Balaban J connectivity index is 0. The van der Waals surface area contributed by atoms with E-state index in [2.05, 4.69) is 6.92 Å². The summed E-state index contributed by atoms with van der Waals surface area (Å²) in [4.78, 5) is 10.0. The second kappa shape index (κ2) is 10.6. The smallest absolute Gasteiger partial charge is 0.129 e. The lowest BCUT2D eigenvalue weighted by Crippen LogP contribution is -1.95. The third-order valence-electron chi connectivity index (χ3n) is 1.31. The first kappa shape index (κ1) is 14.2. The quantitative estimate of drug-likeness (QED) is 0.711. The van der Waals surface area contributed by atoms with E-state index in [9.17, 15) is 4.79 Å². The number of Topliss-reactive ketones (excluding diaryl/α,β-unsaturated/α-hetero) is 1. The van der Waals surface area contributed by atoms with Crippen LogP contribution in [0.5, 0.6) is 0 Å². The predicted molar refractivity (Wildman–Crippen MR) is 52.2 cm³/mol. The van der Waals surface area contributed by atoms with E-state index in [1.807, 2.05) is 13.8 Å². The first-order chi connectivity index (χ1) is 5.54. The van der Waals surface area contributed by atoms with Crippen molar-refractivity contribution in [1.29, 1.82) is 0 Å². The Kier molecular flexibility index (Phi) is 12.6. The van der Waals surface area contributed by atoms with Crippen molar-refractivity contribution >= 4 is 5.78 Å². The van der Waals surface area contributed by atoms with Crippen molar-refractivity contribution in [2.75, 3.05) is 0 Å². The molecule has 2 heteroatoms. The largest absolute Gasteiger partial charge is 0.393 e. The molecule has 74 valence electrons. The number of hydrogen-bond acceptors (Lipinski definition) is 2. The van der Waals surface area contributed by atoms with Crippen molar-refractivity contribution in [1.82, 2.24) is 0 Å². The van der Waals surface area contributed by atoms with Crippen molar-refractivity contribution in [2.45, 2.75) is 59.5 Å². The van der Waals surface area contributed by atoms with Gasteiger partial charge in [0, 0.05) is 6.42 Å². The first-order valence-electron chi connectivity index (χ1n) is 4.72. The van der Waals surface area contributed by atoms with Gasteiger partial charge in [0.25, 0.3) is 0 Å². The van der Waals surface area contributed by atoms with Gasteiger partial charge in [-0.25, -0.2) is 0 Å². The molecule has 0 radical (unpaired) electrons. The van der Waals surface area contributed by atoms with E-state index in [-0.39, 0.29) is 11.9 Å². The number of aliphatic hydroxyl groups excluding tert-OH is 1. The second-order valence-electron chi connectivity index (χ2n) is 3.09. The summed E-state index contributed by atoms with van der Waals surface area (Å²) in [5.41, 5.74) is 0. The van der Waals surface area contributed by atoms with Crippen LogP contribution >= 0.6 is 0 Å². The van der Waals surface area contributed by atoms with Crippen LogP contribution in [-0.4, -0.2) is 17.0 Å². The Morgan fingerprint density at radius 3 is 1.83 bits per heavy atom. The van der Waals surface area contributed by atoms with Crippen molar-refractivity contribution in [2.24, 2.45) is 0 Å². The van der Waals surface area contributed by atoms with E-state index >= 15 is 0 Å². The number of rotatable bonds is 4. The number of aliphatic hydroxyl groups is 1. The van der Waals surface area contributed by atoms with E-state index in [0.29, 0.717) is 0 Å². The zero-order chi connectivity index (χ0) is 9.98. The number of carbonyl (C=O) groups excluding carboxylic acids is 1. The molecule has 1 unspecified atom stereocenters. The lowest BCUT2D eigenvalue weighted by molar-refractivity contribution is -0.117. The van der Waals surface area contributed by atoms with Gasteiger partial charge in [-0.2, -0.15) is 0 Å². The minimum absolute atomic E-state index is 0.102. The molecule has 2 nitrogen and oxygen atoms in total. The zero-order valence-corrected chi connectivity index (χ0v) is 8.76. The van der Waals surface area contributed by atoms with Crippen LogP contribution in [0.25, 0.3) is 0 Å². The molecule has 0 aliphatic carbocycles. The summed E-state index contributed by atoms with van der Waals surface area (Å²) < 4.78 is 0. The summed E-state index contributed by atoms with van der Waals surface area (Å²) in [6.07, 6.45) is 3.63. The Morgan fingerprint density at radius 1 is 1.33 bits per heavy atom. The summed E-state index contributed by atoms with van der Waals surface area (Å²) in [7, 11) is 0. The van der Waals surface area contributed by atoms with Crippen molar-refractivity contribution in [3.05, 3.63) is 0 Å². The Morgan fingerprint density at radius 2 is 1.83 bits per heavy atom. The van der Waals surface area contributed by atoms with E-state index < -0.39 is 0 Å². The number of ketones is 1. The average molecular weight is 174 g/mol. The highest BCUT2D eigenvalue weighted by Crippen LogP contribution is 1.91. The summed E-state index contributed by atoms with van der Waals surface area (Å²) in [5, 5.41) is 8.55. The fraction of sp³-hybridized carbons (Fsp3) is 0.900. The average Bonchev–Trinajstić information content (AvgIpc) is 1.87. The Labute approximate surface area is 76.0 Å². The highest BCUT2D eigenvalue weighted by molar-refractivity contribution is 5.75. The minimum atomic E-state index is -0.102. The van der Waals surface area contributed by atoms with Crippen LogP contribution in [0.4, 0.5) is 0 Å². The lowest BCUT2D eigenvalue weighted by atomic mass is 10.2. The zero-order valence-electron chi connectivity index (χ0n) is 8.76. The van der Waals surface area contributed by atoms with Gasteiger partial charge in [-0.05, 0) is 26.7 Å². The molecule has 0 aliphatic rings. The summed E-state index contributed by atoms with van der Waals surface area (Å²) >= 11 is 0. The van der Waals surface area contributed by atoms with Gasteiger partial charge in [-0.1, -0.05) is 20.3 Å². The molecule has 0 amide bonds. The minimum Gasteiger partial charge on any atom is -0.393 e. The molecule has 0 aromatic rings. The van der Waals surface area contributed by atoms with E-state index in [1.165, 1.54) is 0 Å². The molecule has 0 aliphatic heterocycles. The molecule has 1 N–H and O–H groups in total. The molecule has 1 atom stereocenters. The molecule has 0 spiro atoms. The molecule has 0 rings (SSSR count). The molecule has 0 aromatic carbocycles. The molecule has 0 fully saturated rings. The second-order valence-corrected chi connectivity index (χ2v) is 3.09. The van der Waals surface area contributed by atoms with E-state index in [1.54, 1.807) is 6.92 Å². The monoisotopic (exact) mass is 174 g/mol. The van der Waals surface area contributed by atoms with Crippen molar-refractivity contribution in [3.63, 3.8) is 0 Å². The van der Waals surface area contributed by atoms with Gasteiger partial charge in [-0.3, -0.25) is 0 Å². The fourth-order valence-corrected chi connectivity index (χ4v) is 0.770. The number of carbonyl (C=O) groups is 1. The Hall–Kier alpha value is -0.370. The van der Waals surface area contributed by atoms with Crippen LogP contribution in [-0.2, 0) is 4.79 Å². The lowest BCUT2D eigenvalue weighted by Gasteiger charge is -1.95. The summed E-state index contributed by atoms with van der Waals surface area (Å²) in [6, 6.07) is 0. The van der Waals surface area contributed by atoms with Crippen LogP contribution in [0.3, 0.4) is 0 Å². The topological polar surface area (TPSA) is 37.3 Å². The molecular weight excluding hydrogens is 152 g/mol. The van der Waals surface area contributed by atoms with Crippen LogP contribution in [0.15, 0.2) is 0 Å². The van der Waals surface area contributed by atoms with Gasteiger partial charge in [0.1, 0.15) is 5.78 Å². The van der Waals surface area contributed by atoms with Crippen LogP contribution in [0, 0.1) is 0 Å². The van der Waals surface area contributed by atoms with Crippen LogP contribution in [0.1, 0.15) is 53.4 Å².